The first-order chi connectivity index (χ1) is 11.2. The van der Waals surface area contributed by atoms with E-state index in [0.717, 1.165) is 17.1 Å². The first kappa shape index (κ1) is 15.1. The average Bonchev–Trinajstić information content (AvgIpc) is 3.02. The zero-order valence-corrected chi connectivity index (χ0v) is 13.7. The monoisotopic (exact) mass is 324 g/mol. The second kappa shape index (κ2) is 6.97. The van der Waals surface area contributed by atoms with Crippen LogP contribution in [0.25, 0.3) is 0 Å². The number of benzene rings is 2. The molecule has 0 spiro atoms. The molecule has 0 amide bonds. The Morgan fingerprint density at radius 1 is 0.913 bits per heavy atom. The molecule has 23 heavy (non-hydrogen) atoms. The number of para-hydroxylation sites is 1. The van der Waals surface area contributed by atoms with Crippen LogP contribution in [0.1, 0.15) is 0 Å². The van der Waals surface area contributed by atoms with Gasteiger partial charge in [0.05, 0.1) is 5.69 Å². The fraction of sp³-hybridized carbons (Fsp3) is 0.125. The van der Waals surface area contributed by atoms with E-state index in [1.165, 1.54) is 11.3 Å². The summed E-state index contributed by atoms with van der Waals surface area (Å²) in [7, 11) is 4.00. The molecule has 0 radical (unpaired) electrons. The molecule has 0 atom stereocenters. The van der Waals surface area contributed by atoms with Crippen molar-refractivity contribution in [3.63, 3.8) is 0 Å². The molecule has 0 aliphatic carbocycles. The molecule has 0 unspecified atom stereocenters. The maximum atomic E-state index is 4.18. The minimum atomic E-state index is 0.514. The molecule has 0 bridgehead atoms. The molecule has 0 fully saturated rings. The molecule has 116 valence electrons. The average molecular weight is 324 g/mol. The van der Waals surface area contributed by atoms with Crippen LogP contribution < -0.4 is 10.2 Å². The first-order valence-electron chi connectivity index (χ1n) is 7.05. The molecule has 0 aliphatic heterocycles. The largest absolute Gasteiger partial charge is 0.378 e. The lowest BCUT2D eigenvalue weighted by atomic mass is 10.3. The number of nitrogens with zero attached hydrogens (tertiary/aromatic N) is 5. The molecule has 0 saturated carbocycles. The number of azo groups is 1. The second-order valence-corrected chi connectivity index (χ2v) is 5.95. The Kier molecular flexibility index (Phi) is 4.58. The third-order valence-electron chi connectivity index (χ3n) is 3.06. The molecule has 7 heteroatoms. The predicted octanol–water partition coefficient (Wildman–Crippen LogP) is 4.76. The summed E-state index contributed by atoms with van der Waals surface area (Å²) in [6.45, 7) is 0. The van der Waals surface area contributed by atoms with Crippen molar-refractivity contribution < 1.29 is 0 Å². The molecule has 3 aromatic rings. The standard InChI is InChI=1S/C16H16N6S/c1-22(2)14-10-8-13(9-11-14)18-20-16-21-19-15(23-16)17-12-6-4-3-5-7-12/h3-11H,1-2H3,(H,17,19). The lowest BCUT2D eigenvalue weighted by Gasteiger charge is -2.11. The highest BCUT2D eigenvalue weighted by Crippen LogP contribution is 2.27. The summed E-state index contributed by atoms with van der Waals surface area (Å²) in [5.41, 5.74) is 2.86. The maximum Gasteiger partial charge on any atom is 0.253 e. The fourth-order valence-corrected chi connectivity index (χ4v) is 2.46. The van der Waals surface area contributed by atoms with Crippen LogP contribution in [0.4, 0.5) is 27.3 Å². The summed E-state index contributed by atoms with van der Waals surface area (Å²) >= 11 is 1.35. The smallest absolute Gasteiger partial charge is 0.253 e. The van der Waals surface area contributed by atoms with Gasteiger partial charge >= 0.3 is 0 Å². The molecule has 3 rings (SSSR count). The molecule has 6 nitrogen and oxygen atoms in total. The van der Waals surface area contributed by atoms with Crippen LogP contribution in [0.5, 0.6) is 0 Å². The summed E-state index contributed by atoms with van der Waals surface area (Å²) in [6.07, 6.45) is 0. The van der Waals surface area contributed by atoms with Crippen molar-refractivity contribution in [1.29, 1.82) is 0 Å². The minimum Gasteiger partial charge on any atom is -0.378 e. The summed E-state index contributed by atoms with van der Waals surface area (Å²) in [4.78, 5) is 2.03. The normalized spacial score (nSPS) is 10.9. The van der Waals surface area contributed by atoms with E-state index >= 15 is 0 Å². The Bertz CT molecular complexity index is 780. The quantitative estimate of drug-likeness (QED) is 0.687. The fourth-order valence-electron chi connectivity index (χ4n) is 1.87. The summed E-state index contributed by atoms with van der Waals surface area (Å²) < 4.78 is 0. The molecule has 1 aromatic heterocycles. The number of hydrogen-bond acceptors (Lipinski definition) is 7. The van der Waals surface area contributed by atoms with Crippen LogP contribution in [-0.4, -0.2) is 24.3 Å². The Hall–Kier alpha value is -2.80. The van der Waals surface area contributed by atoms with Crippen molar-refractivity contribution in [3.05, 3.63) is 54.6 Å². The van der Waals surface area contributed by atoms with Crippen LogP contribution in [0.15, 0.2) is 64.8 Å². The van der Waals surface area contributed by atoms with E-state index in [2.05, 4.69) is 25.7 Å². The van der Waals surface area contributed by atoms with E-state index in [9.17, 15) is 0 Å². The number of rotatable bonds is 5. The highest BCUT2D eigenvalue weighted by atomic mass is 32.1. The third kappa shape index (κ3) is 4.10. The summed E-state index contributed by atoms with van der Waals surface area (Å²) in [5, 5.41) is 20.8. The van der Waals surface area contributed by atoms with Crippen molar-refractivity contribution in [3.8, 4) is 0 Å². The Labute approximate surface area is 138 Å². The number of hydrogen-bond donors (Lipinski definition) is 1. The van der Waals surface area contributed by atoms with Crippen molar-refractivity contribution >= 4 is 38.7 Å². The summed E-state index contributed by atoms with van der Waals surface area (Å²) in [6, 6.07) is 17.7. The SMILES string of the molecule is CN(C)c1ccc(N=Nc2nnc(Nc3ccccc3)s2)cc1. The Morgan fingerprint density at radius 3 is 2.35 bits per heavy atom. The van der Waals surface area contributed by atoms with E-state index in [1.54, 1.807) is 0 Å². The topological polar surface area (TPSA) is 65.8 Å². The van der Waals surface area contributed by atoms with Crippen LogP contribution in [-0.2, 0) is 0 Å². The van der Waals surface area contributed by atoms with Gasteiger partial charge in [0.2, 0.25) is 5.13 Å². The molecule has 2 aromatic carbocycles. The van der Waals surface area contributed by atoms with Gasteiger partial charge in [-0.3, -0.25) is 0 Å². The van der Waals surface area contributed by atoms with Gasteiger partial charge in [-0.15, -0.1) is 20.4 Å². The van der Waals surface area contributed by atoms with Gasteiger partial charge in [-0.25, -0.2) is 0 Å². The molecular formula is C16H16N6S. The maximum absolute atomic E-state index is 4.18. The van der Waals surface area contributed by atoms with Gasteiger partial charge in [0, 0.05) is 25.5 Å². The zero-order valence-electron chi connectivity index (χ0n) is 12.8. The third-order valence-corrected chi connectivity index (χ3v) is 3.78. The number of nitrogens with one attached hydrogen (secondary N) is 1. The summed E-state index contributed by atoms with van der Waals surface area (Å²) in [5.74, 6) is 0. The Morgan fingerprint density at radius 2 is 1.65 bits per heavy atom. The van der Waals surface area contributed by atoms with Gasteiger partial charge in [-0.05, 0) is 36.4 Å². The molecule has 0 aliphatic rings. The number of anilines is 3. The van der Waals surface area contributed by atoms with E-state index in [4.69, 9.17) is 0 Å². The number of aromatic nitrogens is 2. The van der Waals surface area contributed by atoms with E-state index in [-0.39, 0.29) is 0 Å². The van der Waals surface area contributed by atoms with Gasteiger partial charge in [-0.2, -0.15) is 0 Å². The predicted molar refractivity (Wildman–Crippen MR) is 94.6 cm³/mol. The van der Waals surface area contributed by atoms with Crippen LogP contribution in [0, 0.1) is 0 Å². The van der Waals surface area contributed by atoms with Gasteiger partial charge < -0.3 is 10.2 Å². The highest BCUT2D eigenvalue weighted by molar-refractivity contribution is 7.18. The van der Waals surface area contributed by atoms with Gasteiger partial charge in [0.1, 0.15) is 0 Å². The van der Waals surface area contributed by atoms with Crippen LogP contribution >= 0.6 is 11.3 Å². The van der Waals surface area contributed by atoms with Crippen molar-refractivity contribution in [1.82, 2.24) is 10.2 Å². The van der Waals surface area contributed by atoms with E-state index in [0.29, 0.717) is 10.3 Å². The Balaban J connectivity index is 1.66. The van der Waals surface area contributed by atoms with Crippen molar-refractivity contribution in [2.45, 2.75) is 0 Å². The van der Waals surface area contributed by atoms with E-state index in [1.807, 2.05) is 73.6 Å². The second-order valence-electron chi connectivity index (χ2n) is 4.99. The minimum absolute atomic E-state index is 0.514. The molecule has 1 heterocycles. The van der Waals surface area contributed by atoms with E-state index < -0.39 is 0 Å². The molecule has 1 N–H and O–H groups in total. The first-order valence-corrected chi connectivity index (χ1v) is 7.87. The molecule has 0 saturated heterocycles. The van der Waals surface area contributed by atoms with Crippen molar-refractivity contribution in [2.24, 2.45) is 10.2 Å². The molecular weight excluding hydrogens is 308 g/mol. The van der Waals surface area contributed by atoms with Crippen LogP contribution in [0.2, 0.25) is 0 Å². The van der Waals surface area contributed by atoms with Gasteiger partial charge in [0.15, 0.2) is 0 Å². The van der Waals surface area contributed by atoms with Gasteiger partial charge in [-0.1, -0.05) is 29.5 Å². The lowest BCUT2D eigenvalue weighted by molar-refractivity contribution is 1.06. The highest BCUT2D eigenvalue weighted by Gasteiger charge is 2.03. The van der Waals surface area contributed by atoms with Gasteiger partial charge in [0.25, 0.3) is 5.13 Å². The zero-order chi connectivity index (χ0) is 16.1. The lowest BCUT2D eigenvalue weighted by Crippen LogP contribution is -2.07. The van der Waals surface area contributed by atoms with Crippen LogP contribution in [0.3, 0.4) is 0 Å². The van der Waals surface area contributed by atoms with Crippen molar-refractivity contribution in [2.75, 3.05) is 24.3 Å².